The van der Waals surface area contributed by atoms with Gasteiger partial charge in [0.15, 0.2) is 5.78 Å². The third kappa shape index (κ3) is 4.87. The number of amides is 1. The van der Waals surface area contributed by atoms with Gasteiger partial charge in [0, 0.05) is 36.0 Å². The molecule has 0 saturated carbocycles. The minimum atomic E-state index is -3.66. The van der Waals surface area contributed by atoms with Crippen LogP contribution in [-0.2, 0) is 21.2 Å². The molecule has 0 atom stereocenters. The second-order valence-electron chi connectivity index (χ2n) is 6.88. The number of ketones is 1. The summed E-state index contributed by atoms with van der Waals surface area (Å²) in [6.07, 6.45) is 1.80. The third-order valence-corrected chi connectivity index (χ3v) is 7.78. The lowest BCUT2D eigenvalue weighted by atomic mass is 9.97. The van der Waals surface area contributed by atoms with Gasteiger partial charge < -0.3 is 5.32 Å². The predicted octanol–water partition coefficient (Wildman–Crippen LogP) is 2.71. The Morgan fingerprint density at radius 2 is 1.93 bits per heavy atom. The molecule has 1 aliphatic rings. The zero-order chi connectivity index (χ0) is 20.1. The zero-order valence-electron chi connectivity index (χ0n) is 15.8. The molecular weight excluding hydrogens is 396 g/mol. The van der Waals surface area contributed by atoms with Gasteiger partial charge in [-0.3, -0.25) is 9.59 Å². The Hall–Kier alpha value is -2.03. The van der Waals surface area contributed by atoms with Crippen molar-refractivity contribution in [3.8, 4) is 0 Å². The second kappa shape index (κ2) is 8.98. The Labute approximate surface area is 169 Å². The Morgan fingerprint density at radius 3 is 2.57 bits per heavy atom. The summed E-state index contributed by atoms with van der Waals surface area (Å²) < 4.78 is 27.1. The molecule has 1 aliphatic heterocycles. The van der Waals surface area contributed by atoms with Crippen LogP contribution < -0.4 is 5.32 Å². The van der Waals surface area contributed by atoms with Crippen molar-refractivity contribution in [1.29, 1.82) is 0 Å². The summed E-state index contributed by atoms with van der Waals surface area (Å²) in [5.74, 6) is -0.347. The van der Waals surface area contributed by atoms with Crippen LogP contribution in [-0.4, -0.2) is 44.0 Å². The molecule has 1 saturated heterocycles. The maximum Gasteiger partial charge on any atom is 0.243 e. The maximum atomic E-state index is 12.9. The maximum absolute atomic E-state index is 12.9. The molecule has 0 aliphatic carbocycles. The number of carbonyl (C=O) groups is 2. The van der Waals surface area contributed by atoms with Crippen LogP contribution in [0.25, 0.3) is 0 Å². The van der Waals surface area contributed by atoms with Gasteiger partial charge in [-0.25, -0.2) is 8.42 Å². The number of piperidine rings is 1. The van der Waals surface area contributed by atoms with Crippen molar-refractivity contribution in [3.05, 3.63) is 52.2 Å². The first-order chi connectivity index (χ1) is 13.4. The highest BCUT2D eigenvalue weighted by molar-refractivity contribution is 7.89. The Bertz CT molecular complexity index is 931. The van der Waals surface area contributed by atoms with E-state index in [4.69, 9.17) is 0 Å². The molecule has 1 aromatic carbocycles. The van der Waals surface area contributed by atoms with E-state index in [2.05, 4.69) is 5.32 Å². The molecule has 2 heterocycles. The largest absolute Gasteiger partial charge is 0.355 e. The first-order valence-electron chi connectivity index (χ1n) is 9.29. The normalized spacial score (nSPS) is 16.0. The van der Waals surface area contributed by atoms with Gasteiger partial charge >= 0.3 is 0 Å². The summed E-state index contributed by atoms with van der Waals surface area (Å²) in [5.41, 5.74) is 0.376. The molecule has 1 amide bonds. The monoisotopic (exact) mass is 420 g/mol. The molecule has 6 nitrogen and oxygen atoms in total. The van der Waals surface area contributed by atoms with Crippen LogP contribution in [0.3, 0.4) is 0 Å². The van der Waals surface area contributed by atoms with Crippen LogP contribution in [0.5, 0.6) is 0 Å². The van der Waals surface area contributed by atoms with Crippen molar-refractivity contribution >= 4 is 33.1 Å². The molecule has 1 fully saturated rings. The molecule has 8 heteroatoms. The van der Waals surface area contributed by atoms with Crippen molar-refractivity contribution in [2.24, 2.45) is 5.92 Å². The van der Waals surface area contributed by atoms with Crippen LogP contribution in [0.1, 0.15) is 35.0 Å². The number of nitrogens with one attached hydrogen (secondary N) is 1. The fourth-order valence-corrected chi connectivity index (χ4v) is 5.52. The molecule has 3 rings (SSSR count). The van der Waals surface area contributed by atoms with Crippen molar-refractivity contribution in [1.82, 2.24) is 9.62 Å². The average Bonchev–Trinajstić information content (AvgIpc) is 3.21. The number of Topliss-reactive ketones (excluding diaryl/α,β-unsaturated/α-hetero) is 1. The topological polar surface area (TPSA) is 83.6 Å². The van der Waals surface area contributed by atoms with Crippen molar-refractivity contribution in [2.75, 3.05) is 19.6 Å². The molecule has 0 radical (unpaired) electrons. The summed E-state index contributed by atoms with van der Waals surface area (Å²) >= 11 is 1.67. The van der Waals surface area contributed by atoms with Gasteiger partial charge in [0.2, 0.25) is 15.9 Å². The number of hydrogen-bond acceptors (Lipinski definition) is 5. The van der Waals surface area contributed by atoms with Gasteiger partial charge in [0.05, 0.1) is 4.90 Å². The number of sulfonamides is 1. The summed E-state index contributed by atoms with van der Waals surface area (Å²) in [7, 11) is -3.66. The highest BCUT2D eigenvalue weighted by Gasteiger charge is 2.32. The van der Waals surface area contributed by atoms with Gasteiger partial charge in [0.1, 0.15) is 0 Å². The number of hydrogen-bond donors (Lipinski definition) is 1. The van der Waals surface area contributed by atoms with E-state index in [0.29, 0.717) is 38.0 Å². The summed E-state index contributed by atoms with van der Waals surface area (Å²) in [6, 6.07) is 10.1. The molecule has 150 valence electrons. The van der Waals surface area contributed by atoms with Crippen molar-refractivity contribution in [2.45, 2.75) is 31.1 Å². The number of nitrogens with zero attached hydrogens (tertiary/aromatic N) is 1. The molecular formula is C20H24N2O4S2. The number of thiophene rings is 1. The highest BCUT2D eigenvalue weighted by Crippen LogP contribution is 2.24. The van der Waals surface area contributed by atoms with Gasteiger partial charge in [-0.1, -0.05) is 18.2 Å². The van der Waals surface area contributed by atoms with E-state index in [0.717, 1.165) is 6.42 Å². The zero-order valence-corrected chi connectivity index (χ0v) is 17.4. The number of carbonyl (C=O) groups excluding carboxylic acids is 2. The second-order valence-corrected chi connectivity index (χ2v) is 9.85. The lowest BCUT2D eigenvalue weighted by Gasteiger charge is -2.30. The predicted molar refractivity (Wildman–Crippen MR) is 109 cm³/mol. The smallest absolute Gasteiger partial charge is 0.243 e. The van der Waals surface area contributed by atoms with Crippen molar-refractivity contribution in [3.63, 3.8) is 0 Å². The van der Waals surface area contributed by atoms with Crippen LogP contribution in [0.2, 0.25) is 0 Å². The number of rotatable bonds is 7. The molecule has 2 aromatic rings. The van der Waals surface area contributed by atoms with Gasteiger partial charge in [0.25, 0.3) is 0 Å². The third-order valence-electron chi connectivity index (χ3n) is 4.95. The molecule has 0 bridgehead atoms. The first kappa shape index (κ1) is 20.7. The van der Waals surface area contributed by atoms with Gasteiger partial charge in [-0.2, -0.15) is 4.31 Å². The SMILES string of the molecule is CC(=O)c1cccc(S(=O)(=O)N2CCC(C(=O)NCCc3cccs3)CC2)c1. The van der Waals surface area contributed by atoms with E-state index < -0.39 is 10.0 Å². The van der Waals surface area contributed by atoms with Crippen molar-refractivity contribution < 1.29 is 18.0 Å². The minimum absolute atomic E-state index is 0.00724. The fourth-order valence-electron chi connectivity index (χ4n) is 3.29. The van der Waals surface area contributed by atoms with Crippen LogP contribution in [0, 0.1) is 5.92 Å². The van der Waals surface area contributed by atoms with E-state index in [9.17, 15) is 18.0 Å². The van der Waals surface area contributed by atoms with Gasteiger partial charge in [-0.05, 0) is 49.8 Å². The molecule has 0 spiro atoms. The first-order valence-corrected chi connectivity index (χ1v) is 11.6. The van der Waals surface area contributed by atoms with Gasteiger partial charge in [-0.15, -0.1) is 11.3 Å². The quantitative estimate of drug-likeness (QED) is 0.698. The standard InChI is InChI=1S/C20H24N2O4S2/c1-15(23)17-4-2-6-19(14-17)28(25,26)22-11-8-16(9-12-22)20(24)21-10-7-18-5-3-13-27-18/h2-6,13-14,16H,7-12H2,1H3,(H,21,24). The van der Waals surface area contributed by atoms with Crippen LogP contribution in [0.4, 0.5) is 0 Å². The average molecular weight is 421 g/mol. The summed E-state index contributed by atoms with van der Waals surface area (Å²) in [5, 5.41) is 4.97. The van der Waals surface area contributed by atoms with E-state index in [1.54, 1.807) is 23.5 Å². The molecule has 1 aromatic heterocycles. The molecule has 0 unspecified atom stereocenters. The summed E-state index contributed by atoms with van der Waals surface area (Å²) in [4.78, 5) is 25.2. The van der Waals surface area contributed by atoms with E-state index in [1.807, 2.05) is 17.5 Å². The van der Waals surface area contributed by atoms with E-state index in [-0.39, 0.29) is 22.5 Å². The number of benzene rings is 1. The molecule has 28 heavy (non-hydrogen) atoms. The highest BCUT2D eigenvalue weighted by atomic mass is 32.2. The summed E-state index contributed by atoms with van der Waals surface area (Å²) in [6.45, 7) is 2.61. The van der Waals surface area contributed by atoms with E-state index >= 15 is 0 Å². The Balaban J connectivity index is 1.54. The minimum Gasteiger partial charge on any atom is -0.355 e. The Morgan fingerprint density at radius 1 is 1.18 bits per heavy atom. The van der Waals surface area contributed by atoms with Crippen LogP contribution in [0.15, 0.2) is 46.7 Å². The van der Waals surface area contributed by atoms with Crippen LogP contribution >= 0.6 is 11.3 Å². The van der Waals surface area contributed by atoms with E-state index in [1.165, 1.54) is 28.2 Å². The Kier molecular flexibility index (Phi) is 6.64. The lowest BCUT2D eigenvalue weighted by Crippen LogP contribution is -2.43. The molecule has 1 N–H and O–H groups in total. The fraction of sp³-hybridized carbons (Fsp3) is 0.400. The lowest BCUT2D eigenvalue weighted by molar-refractivity contribution is -0.126.